The second-order valence-electron chi connectivity index (χ2n) is 6.51. The Morgan fingerprint density at radius 1 is 1.41 bits per heavy atom. The van der Waals surface area contributed by atoms with Crippen molar-refractivity contribution < 1.29 is 9.72 Å². The van der Waals surface area contributed by atoms with E-state index in [0.717, 1.165) is 20.4 Å². The van der Waals surface area contributed by atoms with E-state index in [2.05, 4.69) is 0 Å². The molecule has 1 aromatic carbocycles. The fraction of sp³-hybridized carbons (Fsp3) is 0.316. The van der Waals surface area contributed by atoms with Crippen LogP contribution in [0.3, 0.4) is 0 Å². The summed E-state index contributed by atoms with van der Waals surface area (Å²) < 4.78 is 0.732. The van der Waals surface area contributed by atoms with E-state index in [1.54, 1.807) is 6.92 Å². The first kappa shape index (κ1) is 19.4. The molecule has 2 heterocycles. The zero-order valence-corrected chi connectivity index (χ0v) is 16.5. The molecule has 0 spiro atoms. The number of nitrogens with zero attached hydrogens (tertiary/aromatic N) is 2. The number of hydrogen-bond acceptors (Lipinski definition) is 5. The number of thiophene rings is 1. The molecule has 0 unspecified atom stereocenters. The second-order valence-corrected chi connectivity index (χ2v) is 8.31. The quantitative estimate of drug-likeness (QED) is 0.452. The van der Waals surface area contributed by atoms with Crippen LogP contribution in [0.4, 0.5) is 11.4 Å². The molecule has 0 fully saturated rings. The maximum Gasteiger partial charge on any atom is 0.292 e. The molecule has 0 aliphatic carbocycles. The number of carbonyl (C=O) groups is 1. The lowest BCUT2D eigenvalue weighted by atomic mass is 9.96. The predicted octanol–water partition coefficient (Wildman–Crippen LogP) is 4.45. The first-order valence-corrected chi connectivity index (χ1v) is 9.80. The van der Waals surface area contributed by atoms with Crippen LogP contribution in [-0.2, 0) is 11.2 Å². The SMILES string of the molecule is Cc1cc(C2=CCN(C(=O)CCc3ccc(Cl)s3)CC2)cc([N+](=O)[O-])c1N. The molecule has 27 heavy (non-hydrogen) atoms. The molecule has 0 atom stereocenters. The normalized spacial score (nSPS) is 14.1. The Bertz CT molecular complexity index is 923. The molecule has 0 radical (unpaired) electrons. The minimum Gasteiger partial charge on any atom is -0.393 e. The third-order valence-corrected chi connectivity index (χ3v) is 6.00. The van der Waals surface area contributed by atoms with Gasteiger partial charge in [0.2, 0.25) is 5.91 Å². The van der Waals surface area contributed by atoms with Crippen LogP contribution in [0.2, 0.25) is 4.34 Å². The van der Waals surface area contributed by atoms with Gasteiger partial charge >= 0.3 is 0 Å². The zero-order valence-electron chi connectivity index (χ0n) is 14.9. The highest BCUT2D eigenvalue weighted by Gasteiger charge is 2.21. The number of hydrogen-bond donors (Lipinski definition) is 1. The van der Waals surface area contributed by atoms with Gasteiger partial charge in [0.25, 0.3) is 5.69 Å². The van der Waals surface area contributed by atoms with Gasteiger partial charge in [-0.25, -0.2) is 0 Å². The molecule has 8 heteroatoms. The summed E-state index contributed by atoms with van der Waals surface area (Å²) in [6.45, 7) is 2.88. The van der Waals surface area contributed by atoms with E-state index in [1.807, 2.05) is 29.2 Å². The molecule has 142 valence electrons. The van der Waals surface area contributed by atoms with Crippen LogP contribution in [0.5, 0.6) is 0 Å². The summed E-state index contributed by atoms with van der Waals surface area (Å²) in [6, 6.07) is 7.18. The number of nitro benzene ring substituents is 1. The number of aryl methyl sites for hydroxylation is 2. The number of halogens is 1. The molecule has 1 aliphatic heterocycles. The summed E-state index contributed by atoms with van der Waals surface area (Å²) in [6.07, 6.45) is 3.77. The minimum absolute atomic E-state index is 0.0704. The topological polar surface area (TPSA) is 89.5 Å². The molecule has 3 rings (SSSR count). The molecule has 2 aromatic rings. The lowest BCUT2D eigenvalue weighted by Crippen LogP contribution is -2.34. The molecule has 1 aliphatic rings. The van der Waals surface area contributed by atoms with E-state index in [0.29, 0.717) is 37.9 Å². The van der Waals surface area contributed by atoms with Gasteiger partial charge in [-0.2, -0.15) is 0 Å². The molecule has 0 saturated carbocycles. The fourth-order valence-electron chi connectivity index (χ4n) is 3.15. The number of nitrogens with two attached hydrogens (primary N) is 1. The average Bonchev–Trinajstić information content (AvgIpc) is 3.07. The minimum atomic E-state index is -0.456. The number of anilines is 1. The second kappa shape index (κ2) is 8.10. The summed E-state index contributed by atoms with van der Waals surface area (Å²) in [5.74, 6) is 0.106. The summed E-state index contributed by atoms with van der Waals surface area (Å²) in [5.41, 5.74) is 8.43. The molecule has 1 amide bonds. The molecule has 6 nitrogen and oxygen atoms in total. The van der Waals surface area contributed by atoms with Crippen molar-refractivity contribution in [2.75, 3.05) is 18.8 Å². The van der Waals surface area contributed by atoms with Crippen LogP contribution in [0.15, 0.2) is 30.3 Å². The number of benzene rings is 1. The van der Waals surface area contributed by atoms with E-state index >= 15 is 0 Å². The van der Waals surface area contributed by atoms with Gasteiger partial charge < -0.3 is 10.6 Å². The standard InChI is InChI=1S/C19H20ClN3O3S/c1-12-10-14(11-16(19(12)21)23(25)26)13-6-8-22(9-7-13)18(24)5-3-15-2-4-17(20)27-15/h2,4,6,10-11H,3,5,7-9,21H2,1H3. The number of nitro groups is 1. The van der Waals surface area contributed by atoms with Gasteiger partial charge in [-0.1, -0.05) is 17.7 Å². The van der Waals surface area contributed by atoms with E-state index in [1.165, 1.54) is 17.4 Å². The van der Waals surface area contributed by atoms with Crippen molar-refractivity contribution in [1.82, 2.24) is 4.90 Å². The maximum absolute atomic E-state index is 12.4. The van der Waals surface area contributed by atoms with Crippen molar-refractivity contribution in [3.8, 4) is 0 Å². The van der Waals surface area contributed by atoms with Gasteiger partial charge in [-0.05, 0) is 54.7 Å². The molecule has 0 bridgehead atoms. The van der Waals surface area contributed by atoms with Crippen molar-refractivity contribution in [3.05, 3.63) is 60.8 Å². The van der Waals surface area contributed by atoms with Crippen LogP contribution in [0, 0.1) is 17.0 Å². The largest absolute Gasteiger partial charge is 0.393 e. The van der Waals surface area contributed by atoms with E-state index in [-0.39, 0.29) is 17.3 Å². The Morgan fingerprint density at radius 2 is 2.19 bits per heavy atom. The van der Waals surface area contributed by atoms with Crippen LogP contribution >= 0.6 is 22.9 Å². The highest BCUT2D eigenvalue weighted by Crippen LogP contribution is 2.32. The molecule has 0 saturated heterocycles. The average molecular weight is 406 g/mol. The summed E-state index contributed by atoms with van der Waals surface area (Å²) in [5, 5.41) is 11.2. The van der Waals surface area contributed by atoms with Crippen molar-refractivity contribution in [2.24, 2.45) is 0 Å². The monoisotopic (exact) mass is 405 g/mol. The third-order valence-electron chi connectivity index (χ3n) is 4.71. The van der Waals surface area contributed by atoms with Crippen LogP contribution < -0.4 is 5.73 Å². The van der Waals surface area contributed by atoms with Crippen molar-refractivity contribution in [3.63, 3.8) is 0 Å². The fourth-order valence-corrected chi connectivity index (χ4v) is 4.24. The Morgan fingerprint density at radius 3 is 2.78 bits per heavy atom. The van der Waals surface area contributed by atoms with Crippen LogP contribution in [0.25, 0.3) is 5.57 Å². The van der Waals surface area contributed by atoms with E-state index in [4.69, 9.17) is 17.3 Å². The zero-order chi connectivity index (χ0) is 19.6. The summed E-state index contributed by atoms with van der Waals surface area (Å²) in [4.78, 5) is 26.1. The lowest BCUT2D eigenvalue weighted by Gasteiger charge is -2.27. The summed E-state index contributed by atoms with van der Waals surface area (Å²) >= 11 is 7.41. The first-order valence-electron chi connectivity index (χ1n) is 8.61. The van der Waals surface area contributed by atoms with Crippen LogP contribution in [0.1, 0.15) is 28.8 Å². The van der Waals surface area contributed by atoms with Gasteiger partial charge in [0.15, 0.2) is 0 Å². The number of carbonyl (C=O) groups excluding carboxylic acids is 1. The van der Waals surface area contributed by atoms with Crippen molar-refractivity contribution >= 4 is 45.8 Å². The molecular formula is C19H20ClN3O3S. The lowest BCUT2D eigenvalue weighted by molar-refractivity contribution is -0.383. The molecule has 2 N–H and O–H groups in total. The smallest absolute Gasteiger partial charge is 0.292 e. The Kier molecular flexibility index (Phi) is 5.82. The highest BCUT2D eigenvalue weighted by atomic mass is 35.5. The maximum atomic E-state index is 12.4. The van der Waals surface area contributed by atoms with Gasteiger partial charge in [0, 0.05) is 30.5 Å². The molecule has 1 aromatic heterocycles. The Labute approximate surface area is 166 Å². The predicted molar refractivity (Wildman–Crippen MR) is 109 cm³/mol. The summed E-state index contributed by atoms with van der Waals surface area (Å²) in [7, 11) is 0. The number of rotatable bonds is 5. The third kappa shape index (κ3) is 4.48. The highest BCUT2D eigenvalue weighted by molar-refractivity contribution is 7.16. The Hall–Kier alpha value is -2.38. The van der Waals surface area contributed by atoms with Gasteiger partial charge in [-0.15, -0.1) is 11.3 Å². The number of amides is 1. The van der Waals surface area contributed by atoms with Crippen LogP contribution in [-0.4, -0.2) is 28.8 Å². The van der Waals surface area contributed by atoms with Gasteiger partial charge in [0.05, 0.1) is 9.26 Å². The first-order chi connectivity index (χ1) is 12.8. The van der Waals surface area contributed by atoms with E-state index < -0.39 is 4.92 Å². The molecular weight excluding hydrogens is 386 g/mol. The van der Waals surface area contributed by atoms with Gasteiger partial charge in [0.1, 0.15) is 5.69 Å². The van der Waals surface area contributed by atoms with Gasteiger partial charge in [-0.3, -0.25) is 14.9 Å². The van der Waals surface area contributed by atoms with Crippen molar-refractivity contribution in [2.45, 2.75) is 26.2 Å². The Balaban J connectivity index is 1.66. The van der Waals surface area contributed by atoms with Crippen molar-refractivity contribution in [1.29, 1.82) is 0 Å². The number of nitrogen functional groups attached to an aromatic ring is 1. The van der Waals surface area contributed by atoms with E-state index in [9.17, 15) is 14.9 Å².